The average Bonchev–Trinajstić information content (AvgIpc) is 4.02. The fraction of sp³-hybridized carbons (Fsp3) is 0.923. The van der Waals surface area contributed by atoms with Crippen LogP contribution in [0.4, 0.5) is 0 Å². The zero-order valence-electron chi connectivity index (χ0n) is 35.9. The van der Waals surface area contributed by atoms with Crippen LogP contribution in [-0.4, -0.2) is 165 Å². The molecule has 8 saturated heterocycles. The van der Waals surface area contributed by atoms with Gasteiger partial charge in [0.25, 0.3) is 0 Å². The molecule has 5 unspecified atom stereocenters. The van der Waals surface area contributed by atoms with Gasteiger partial charge in [0, 0.05) is 11.8 Å². The van der Waals surface area contributed by atoms with E-state index in [1.807, 2.05) is 41.5 Å². The Balaban J connectivity index is 0.000000150. The first kappa shape index (κ1) is 46.5. The van der Waals surface area contributed by atoms with Crippen LogP contribution in [0.3, 0.4) is 0 Å². The molecule has 0 saturated carbocycles. The molecule has 0 aromatic rings. The van der Waals surface area contributed by atoms with E-state index in [0.717, 1.165) is 0 Å². The molecule has 0 aromatic heterocycles. The summed E-state index contributed by atoms with van der Waals surface area (Å²) in [6, 6.07) is 0. The summed E-state index contributed by atoms with van der Waals surface area (Å²) in [7, 11) is 2.67. The lowest BCUT2D eigenvalue weighted by Crippen LogP contribution is -2.40. The molecule has 2 N–H and O–H groups in total. The molecule has 8 aliphatic rings. The lowest BCUT2D eigenvalue weighted by molar-refractivity contribution is -0.227. The summed E-state index contributed by atoms with van der Waals surface area (Å²) in [5, 5.41) is 18.8. The van der Waals surface area contributed by atoms with Crippen molar-refractivity contribution in [3.63, 3.8) is 0 Å². The molecule has 20 heteroatoms. The highest BCUT2D eigenvalue weighted by Crippen LogP contribution is 2.46. The summed E-state index contributed by atoms with van der Waals surface area (Å²) < 4.78 is 83.2. The van der Waals surface area contributed by atoms with Crippen LogP contribution in [0.1, 0.15) is 82.1 Å². The second kappa shape index (κ2) is 17.3. The molecule has 338 valence electrons. The van der Waals surface area contributed by atoms with Gasteiger partial charge in [-0.1, -0.05) is 0 Å². The van der Waals surface area contributed by atoms with Crippen LogP contribution in [0, 0.1) is 11.8 Å². The maximum absolute atomic E-state index is 12.2. The summed E-state index contributed by atoms with van der Waals surface area (Å²) in [4.78, 5) is 35.4. The number of methoxy groups -OCH3 is 2. The average molecular weight is 851 g/mol. The molecule has 8 rings (SSSR count). The Morgan fingerprint density at radius 1 is 0.593 bits per heavy atom. The molecule has 8 aliphatic heterocycles. The maximum Gasteiger partial charge on any atom is 0.305 e. The Bertz CT molecular complexity index is 1510. The lowest BCUT2D eigenvalue weighted by atomic mass is 9.91. The largest absolute Gasteiger partial charge is 0.469 e. The molecule has 8 fully saturated rings. The summed E-state index contributed by atoms with van der Waals surface area (Å²) in [5.41, 5.74) is 0. The fourth-order valence-electron chi connectivity index (χ4n) is 8.46. The molecule has 0 aromatic carbocycles. The highest BCUT2D eigenvalue weighted by atomic mass is 16.9. The zero-order valence-corrected chi connectivity index (χ0v) is 35.9. The molecule has 0 spiro atoms. The fourth-order valence-corrected chi connectivity index (χ4v) is 8.46. The highest BCUT2D eigenvalue weighted by Gasteiger charge is 2.60. The second-order valence-electron chi connectivity index (χ2n) is 17.9. The first-order valence-corrected chi connectivity index (χ1v) is 20.0. The molecule has 0 bridgehead atoms. The number of rotatable bonds is 8. The van der Waals surface area contributed by atoms with Crippen molar-refractivity contribution in [2.45, 2.75) is 185 Å². The van der Waals surface area contributed by atoms with Crippen molar-refractivity contribution in [2.24, 2.45) is 11.8 Å². The van der Waals surface area contributed by atoms with Gasteiger partial charge in [0.2, 0.25) is 0 Å². The number of carbonyl (C=O) groups is 3. The van der Waals surface area contributed by atoms with Gasteiger partial charge in [0.05, 0.1) is 59.1 Å². The van der Waals surface area contributed by atoms with Crippen molar-refractivity contribution in [3.8, 4) is 0 Å². The van der Waals surface area contributed by atoms with Gasteiger partial charge >= 0.3 is 11.9 Å². The van der Waals surface area contributed by atoms with Crippen molar-refractivity contribution in [1.82, 2.24) is 0 Å². The van der Waals surface area contributed by atoms with Crippen molar-refractivity contribution in [2.75, 3.05) is 34.0 Å². The molecule has 8 heterocycles. The smallest absolute Gasteiger partial charge is 0.305 e. The van der Waals surface area contributed by atoms with Gasteiger partial charge in [-0.15, -0.1) is 0 Å². The molecule has 0 amide bonds. The van der Waals surface area contributed by atoms with Gasteiger partial charge in [-0.3, -0.25) is 14.4 Å². The van der Waals surface area contributed by atoms with Crippen molar-refractivity contribution >= 4 is 17.7 Å². The molecule has 0 radical (unpaired) electrons. The molecule has 20 nitrogen and oxygen atoms in total. The minimum absolute atomic E-state index is 0.0405. The summed E-state index contributed by atoms with van der Waals surface area (Å²) in [6.07, 6.45) is -6.41. The number of hydrogen-bond acceptors (Lipinski definition) is 20. The van der Waals surface area contributed by atoms with E-state index in [0.29, 0.717) is 13.2 Å². The summed E-state index contributed by atoms with van der Waals surface area (Å²) >= 11 is 0. The summed E-state index contributed by atoms with van der Waals surface area (Å²) in [6.45, 7) is 18.3. The molecular weight excluding hydrogens is 788 g/mol. The monoisotopic (exact) mass is 850 g/mol. The molecular formula is C39H62O20. The second-order valence-corrected chi connectivity index (χ2v) is 17.9. The Hall–Kier alpha value is -1.99. The number of Topliss-reactive ketones (excluding diaryl/α,β-unsaturated/α-hetero) is 1. The Labute approximate surface area is 343 Å². The third-order valence-corrected chi connectivity index (χ3v) is 10.9. The third kappa shape index (κ3) is 10.6. The van der Waals surface area contributed by atoms with Gasteiger partial charge in [0.1, 0.15) is 30.5 Å². The number of fused-ring (bicyclic) bond motifs is 3. The van der Waals surface area contributed by atoms with Crippen LogP contribution >= 0.6 is 0 Å². The van der Waals surface area contributed by atoms with Crippen molar-refractivity contribution in [1.29, 1.82) is 0 Å². The summed E-state index contributed by atoms with van der Waals surface area (Å²) in [5.74, 6) is -5.07. The van der Waals surface area contributed by atoms with Crippen LogP contribution in [0.2, 0.25) is 0 Å². The van der Waals surface area contributed by atoms with E-state index in [1.54, 1.807) is 27.7 Å². The quantitative estimate of drug-likeness (QED) is 0.327. The number of ketones is 1. The van der Waals surface area contributed by atoms with E-state index in [4.69, 9.17) is 71.4 Å². The molecule has 14 atom stereocenters. The van der Waals surface area contributed by atoms with Gasteiger partial charge in [-0.25, -0.2) is 0 Å². The number of carbonyl (C=O) groups excluding carboxylic acids is 3. The van der Waals surface area contributed by atoms with Crippen LogP contribution in [0.15, 0.2) is 0 Å². The number of aliphatic hydroxyl groups excluding tert-OH is 2. The topological polar surface area (TPSA) is 230 Å². The van der Waals surface area contributed by atoms with E-state index in [2.05, 4.69) is 4.74 Å². The first-order valence-electron chi connectivity index (χ1n) is 20.0. The van der Waals surface area contributed by atoms with E-state index in [9.17, 15) is 19.5 Å². The standard InChI is InChI=1S/C15H24O7.C12H20O7.C12H18O6/c1-14(2)18-7-9(20-14)11-8(6-10(16)17-5)12-13(19-11)22-15(3,4)21-12;1-12(2)18-10-6(4-8(15)16-3)9(7(14)5-13)17-11(10)19-12;1-11(2)14-5-6(16-11)8-7(13)9-10(15-8)18-12(3,4)17-9/h8-9,11-13H,6-7H2,1-5H3;6-7,9-11,13-14H,4-5H2,1-3H3;6,8-10H,5H2,1-4H3/t8?,9?,11-,12+,13+;6?,7?,9-,10+,11+;6?,8-,9-,10-/m001/s1. The number of ether oxygens (including phenoxy) is 15. The van der Waals surface area contributed by atoms with Gasteiger partial charge < -0.3 is 81.3 Å². The zero-order chi connectivity index (χ0) is 43.5. The van der Waals surface area contributed by atoms with Crippen LogP contribution in [0.25, 0.3) is 0 Å². The van der Waals surface area contributed by atoms with E-state index in [1.165, 1.54) is 14.2 Å². The predicted molar refractivity (Wildman–Crippen MR) is 194 cm³/mol. The maximum atomic E-state index is 12.2. The Morgan fingerprint density at radius 3 is 1.56 bits per heavy atom. The molecule has 59 heavy (non-hydrogen) atoms. The molecule has 0 aliphatic carbocycles. The number of hydrogen-bond donors (Lipinski definition) is 2. The predicted octanol–water partition coefficient (Wildman–Crippen LogP) is 1.17. The highest BCUT2D eigenvalue weighted by molar-refractivity contribution is 5.90. The minimum Gasteiger partial charge on any atom is -0.469 e. The number of esters is 2. The van der Waals surface area contributed by atoms with Gasteiger partial charge in [-0.05, 0) is 69.2 Å². The lowest BCUT2D eigenvalue weighted by Gasteiger charge is -2.28. The van der Waals surface area contributed by atoms with Crippen LogP contribution in [0.5, 0.6) is 0 Å². The van der Waals surface area contributed by atoms with E-state index >= 15 is 0 Å². The van der Waals surface area contributed by atoms with Gasteiger partial charge in [0.15, 0.2) is 65.8 Å². The first-order chi connectivity index (χ1) is 27.4. The minimum atomic E-state index is -1.09. The Morgan fingerprint density at radius 2 is 1.07 bits per heavy atom. The Kier molecular flexibility index (Phi) is 13.6. The van der Waals surface area contributed by atoms with E-state index < -0.39 is 103 Å². The normalized spacial score (nSPS) is 41.9. The van der Waals surface area contributed by atoms with Crippen LogP contribution < -0.4 is 0 Å². The number of aliphatic hydroxyl groups is 2. The van der Waals surface area contributed by atoms with E-state index in [-0.39, 0.29) is 48.8 Å². The van der Waals surface area contributed by atoms with Crippen molar-refractivity contribution in [3.05, 3.63) is 0 Å². The third-order valence-electron chi connectivity index (χ3n) is 10.9. The van der Waals surface area contributed by atoms with Crippen molar-refractivity contribution < 1.29 is 95.6 Å². The van der Waals surface area contributed by atoms with Gasteiger partial charge in [-0.2, -0.15) is 0 Å². The SMILES string of the molecule is CC1(C)OCC([C@H]2O[C@@H]3OC(C)(C)O[C@@H]3C2=O)O1.COC(=O)CC1[C@@H](C(O)CO)O[C@@H]2OC(C)(C)O[C@H]12.COC(=O)CC1[C@@H](C2COC(C)(C)O2)O[C@@H]2OC(C)(C)O[C@H]12. The van der Waals surface area contributed by atoms with Crippen LogP contribution in [-0.2, 0) is 85.4 Å².